The largest absolute Gasteiger partial charge is 0.323 e. The molecule has 2 aliphatic heterocycles. The lowest BCUT2D eigenvalue weighted by molar-refractivity contribution is 0.0994. The summed E-state index contributed by atoms with van der Waals surface area (Å²) in [6.07, 6.45) is 4.34. The van der Waals surface area contributed by atoms with Crippen molar-refractivity contribution in [3.05, 3.63) is 48.2 Å². The van der Waals surface area contributed by atoms with E-state index in [2.05, 4.69) is 20.9 Å². The number of rotatable bonds is 3. The standard InChI is InChI=1S/C19H22N4O/c1-21-16-8-2-3-9-17(16)23(14-13-22-11-4-5-12-22)18-15(19(21)24)7-6-10-20-18/h2-3,6-10H,4-5,11-14H2,1H3. The van der Waals surface area contributed by atoms with Crippen LogP contribution in [0.5, 0.6) is 0 Å². The van der Waals surface area contributed by atoms with Crippen molar-refractivity contribution in [2.24, 2.45) is 0 Å². The van der Waals surface area contributed by atoms with Gasteiger partial charge in [0.05, 0.1) is 16.9 Å². The van der Waals surface area contributed by atoms with E-state index in [1.54, 1.807) is 11.1 Å². The van der Waals surface area contributed by atoms with E-state index in [4.69, 9.17) is 0 Å². The number of amides is 1. The van der Waals surface area contributed by atoms with Gasteiger partial charge in [0, 0.05) is 26.3 Å². The van der Waals surface area contributed by atoms with Gasteiger partial charge in [-0.2, -0.15) is 0 Å². The number of carbonyl (C=O) groups excluding carboxylic acids is 1. The molecule has 1 fully saturated rings. The normalized spacial score (nSPS) is 17.6. The Hall–Kier alpha value is -2.40. The Morgan fingerprint density at radius 2 is 1.75 bits per heavy atom. The summed E-state index contributed by atoms with van der Waals surface area (Å²) < 4.78 is 0. The van der Waals surface area contributed by atoms with Crippen molar-refractivity contribution in [2.45, 2.75) is 12.8 Å². The average Bonchev–Trinajstić information content (AvgIpc) is 3.12. The summed E-state index contributed by atoms with van der Waals surface area (Å²) in [6, 6.07) is 11.8. The molecule has 0 radical (unpaired) electrons. The fraction of sp³-hybridized carbons (Fsp3) is 0.368. The lowest BCUT2D eigenvalue weighted by atomic mass is 10.2. The first-order valence-corrected chi connectivity index (χ1v) is 8.58. The molecule has 0 spiro atoms. The maximum atomic E-state index is 12.9. The topological polar surface area (TPSA) is 39.7 Å². The number of carbonyl (C=O) groups is 1. The zero-order chi connectivity index (χ0) is 16.5. The van der Waals surface area contributed by atoms with Crippen molar-refractivity contribution >= 4 is 23.1 Å². The SMILES string of the molecule is CN1C(=O)c2cccnc2N(CCN2CCCC2)c2ccccc21. The van der Waals surface area contributed by atoms with Crippen LogP contribution >= 0.6 is 0 Å². The molecule has 3 heterocycles. The van der Waals surface area contributed by atoms with Crippen LogP contribution in [0, 0.1) is 0 Å². The van der Waals surface area contributed by atoms with Gasteiger partial charge in [-0.25, -0.2) is 4.98 Å². The molecule has 0 aliphatic carbocycles. The first-order valence-electron chi connectivity index (χ1n) is 8.58. The predicted molar refractivity (Wildman–Crippen MR) is 96.1 cm³/mol. The van der Waals surface area contributed by atoms with Gasteiger partial charge in [0.15, 0.2) is 0 Å². The number of hydrogen-bond acceptors (Lipinski definition) is 4. The number of fused-ring (bicyclic) bond motifs is 2. The lowest BCUT2D eigenvalue weighted by Crippen LogP contribution is -2.31. The molecule has 5 heteroatoms. The molecule has 24 heavy (non-hydrogen) atoms. The number of para-hydroxylation sites is 2. The second-order valence-corrected chi connectivity index (χ2v) is 6.43. The molecule has 5 nitrogen and oxygen atoms in total. The zero-order valence-electron chi connectivity index (χ0n) is 14.0. The Morgan fingerprint density at radius 3 is 2.54 bits per heavy atom. The third-order valence-corrected chi connectivity index (χ3v) is 4.95. The van der Waals surface area contributed by atoms with Gasteiger partial charge in [-0.05, 0) is 50.2 Å². The van der Waals surface area contributed by atoms with Crippen molar-refractivity contribution in [1.29, 1.82) is 0 Å². The molecule has 1 saturated heterocycles. The van der Waals surface area contributed by atoms with E-state index >= 15 is 0 Å². The molecule has 1 aromatic heterocycles. The van der Waals surface area contributed by atoms with Crippen molar-refractivity contribution in [1.82, 2.24) is 9.88 Å². The van der Waals surface area contributed by atoms with Crippen LogP contribution < -0.4 is 9.80 Å². The molecular weight excluding hydrogens is 300 g/mol. The molecule has 0 N–H and O–H groups in total. The van der Waals surface area contributed by atoms with E-state index in [0.717, 1.165) is 30.3 Å². The van der Waals surface area contributed by atoms with Crippen LogP contribution in [0.1, 0.15) is 23.2 Å². The minimum absolute atomic E-state index is 0.00535. The monoisotopic (exact) mass is 322 g/mol. The highest BCUT2D eigenvalue weighted by Gasteiger charge is 2.29. The van der Waals surface area contributed by atoms with Gasteiger partial charge in [0.25, 0.3) is 5.91 Å². The molecule has 124 valence electrons. The Balaban J connectivity index is 1.76. The van der Waals surface area contributed by atoms with E-state index in [-0.39, 0.29) is 5.91 Å². The Kier molecular flexibility index (Phi) is 3.94. The van der Waals surface area contributed by atoms with E-state index < -0.39 is 0 Å². The third kappa shape index (κ3) is 2.55. The second kappa shape index (κ2) is 6.24. The predicted octanol–water partition coefficient (Wildman–Crippen LogP) is 2.91. The minimum atomic E-state index is -0.00535. The maximum absolute atomic E-state index is 12.9. The molecule has 1 amide bonds. The van der Waals surface area contributed by atoms with Gasteiger partial charge in [0.2, 0.25) is 0 Å². The van der Waals surface area contributed by atoms with Gasteiger partial charge in [-0.3, -0.25) is 4.79 Å². The number of likely N-dealkylation sites (tertiary alicyclic amines) is 1. The van der Waals surface area contributed by atoms with Gasteiger partial charge >= 0.3 is 0 Å². The van der Waals surface area contributed by atoms with Crippen molar-refractivity contribution in [2.75, 3.05) is 43.0 Å². The Labute approximate surface area is 142 Å². The minimum Gasteiger partial charge on any atom is -0.323 e. The number of nitrogens with zero attached hydrogens (tertiary/aromatic N) is 4. The molecule has 0 saturated carbocycles. The van der Waals surface area contributed by atoms with E-state index in [9.17, 15) is 4.79 Å². The van der Waals surface area contributed by atoms with E-state index in [0.29, 0.717) is 5.56 Å². The van der Waals surface area contributed by atoms with Gasteiger partial charge in [-0.15, -0.1) is 0 Å². The van der Waals surface area contributed by atoms with Crippen LogP contribution in [-0.2, 0) is 0 Å². The lowest BCUT2D eigenvalue weighted by Gasteiger charge is -2.27. The van der Waals surface area contributed by atoms with Crippen LogP contribution in [0.15, 0.2) is 42.6 Å². The van der Waals surface area contributed by atoms with Crippen molar-refractivity contribution in [3.8, 4) is 0 Å². The van der Waals surface area contributed by atoms with Crippen LogP contribution in [0.3, 0.4) is 0 Å². The molecule has 2 aromatic rings. The molecule has 4 rings (SSSR count). The van der Waals surface area contributed by atoms with Gasteiger partial charge in [0.1, 0.15) is 5.82 Å². The summed E-state index contributed by atoms with van der Waals surface area (Å²) in [5.74, 6) is 0.757. The summed E-state index contributed by atoms with van der Waals surface area (Å²) >= 11 is 0. The van der Waals surface area contributed by atoms with E-state index in [1.165, 1.54) is 25.9 Å². The fourth-order valence-electron chi connectivity index (χ4n) is 3.63. The summed E-state index contributed by atoms with van der Waals surface area (Å²) in [5, 5.41) is 0. The summed E-state index contributed by atoms with van der Waals surface area (Å²) in [5.41, 5.74) is 2.64. The molecule has 0 atom stereocenters. The number of aromatic nitrogens is 1. The van der Waals surface area contributed by atoms with Crippen molar-refractivity contribution in [3.63, 3.8) is 0 Å². The highest BCUT2D eigenvalue weighted by Crippen LogP contribution is 2.38. The second-order valence-electron chi connectivity index (χ2n) is 6.43. The molecule has 0 unspecified atom stereocenters. The maximum Gasteiger partial charge on any atom is 0.261 e. The zero-order valence-corrected chi connectivity index (χ0v) is 14.0. The molecule has 2 aliphatic rings. The highest BCUT2D eigenvalue weighted by atomic mass is 16.2. The smallest absolute Gasteiger partial charge is 0.261 e. The molecular formula is C19H22N4O. The quantitative estimate of drug-likeness (QED) is 0.871. The molecule has 0 bridgehead atoms. The fourth-order valence-corrected chi connectivity index (χ4v) is 3.63. The van der Waals surface area contributed by atoms with Gasteiger partial charge in [-0.1, -0.05) is 12.1 Å². The highest BCUT2D eigenvalue weighted by molar-refractivity contribution is 6.12. The number of hydrogen-bond donors (Lipinski definition) is 0. The Morgan fingerprint density at radius 1 is 1.00 bits per heavy atom. The summed E-state index contributed by atoms with van der Waals surface area (Å²) in [4.78, 5) is 23.8. The average molecular weight is 322 g/mol. The first-order chi connectivity index (χ1) is 11.8. The van der Waals surface area contributed by atoms with Crippen LogP contribution in [-0.4, -0.2) is 49.0 Å². The molecule has 1 aromatic carbocycles. The summed E-state index contributed by atoms with van der Waals surface area (Å²) in [6.45, 7) is 4.16. The van der Waals surface area contributed by atoms with Gasteiger partial charge < -0.3 is 14.7 Å². The number of benzene rings is 1. The first kappa shape index (κ1) is 15.1. The number of pyridine rings is 1. The number of anilines is 3. The van der Waals surface area contributed by atoms with Crippen LogP contribution in [0.25, 0.3) is 0 Å². The van der Waals surface area contributed by atoms with Crippen LogP contribution in [0.4, 0.5) is 17.2 Å². The van der Waals surface area contributed by atoms with Crippen molar-refractivity contribution < 1.29 is 4.79 Å². The summed E-state index contributed by atoms with van der Waals surface area (Å²) in [7, 11) is 1.84. The Bertz CT molecular complexity index is 755. The van der Waals surface area contributed by atoms with E-state index in [1.807, 2.05) is 37.4 Å². The third-order valence-electron chi connectivity index (χ3n) is 4.95. The van der Waals surface area contributed by atoms with Crippen LogP contribution in [0.2, 0.25) is 0 Å².